The van der Waals surface area contributed by atoms with Crippen LogP contribution >= 0.6 is 0 Å². The van der Waals surface area contributed by atoms with Crippen molar-refractivity contribution in [1.82, 2.24) is 4.90 Å². The molecule has 0 spiro atoms. The topological polar surface area (TPSA) is 29.5 Å². The van der Waals surface area contributed by atoms with Crippen molar-refractivity contribution in [2.45, 2.75) is 45.6 Å². The van der Waals surface area contributed by atoms with Crippen molar-refractivity contribution in [2.24, 2.45) is 5.92 Å². The van der Waals surface area contributed by atoms with Crippen LogP contribution in [0.25, 0.3) is 0 Å². The highest BCUT2D eigenvalue weighted by Crippen LogP contribution is 2.17. The third-order valence-electron chi connectivity index (χ3n) is 3.51. The SMILES string of the molecule is COC(=O)C(C)C(C)N1CCCCCC1. The van der Waals surface area contributed by atoms with Gasteiger partial charge in [-0.1, -0.05) is 19.8 Å². The lowest BCUT2D eigenvalue weighted by molar-refractivity contribution is -0.147. The predicted molar refractivity (Wildman–Crippen MR) is 60.7 cm³/mol. The number of carbonyl (C=O) groups is 1. The van der Waals surface area contributed by atoms with Gasteiger partial charge in [0.2, 0.25) is 0 Å². The highest BCUT2D eigenvalue weighted by molar-refractivity contribution is 5.72. The van der Waals surface area contributed by atoms with Gasteiger partial charge in [-0.3, -0.25) is 9.69 Å². The van der Waals surface area contributed by atoms with Crippen molar-refractivity contribution in [3.8, 4) is 0 Å². The van der Waals surface area contributed by atoms with Gasteiger partial charge in [0.05, 0.1) is 13.0 Å². The molecule has 0 aromatic rings. The van der Waals surface area contributed by atoms with E-state index in [1.165, 1.54) is 32.8 Å². The van der Waals surface area contributed by atoms with Crippen LogP contribution in [0.3, 0.4) is 0 Å². The minimum absolute atomic E-state index is 0.0203. The van der Waals surface area contributed by atoms with Gasteiger partial charge in [-0.05, 0) is 32.9 Å². The fourth-order valence-electron chi connectivity index (χ4n) is 2.20. The highest BCUT2D eigenvalue weighted by atomic mass is 16.5. The number of likely N-dealkylation sites (tertiary alicyclic amines) is 1. The molecule has 0 N–H and O–H groups in total. The molecule has 3 nitrogen and oxygen atoms in total. The van der Waals surface area contributed by atoms with E-state index in [4.69, 9.17) is 4.74 Å². The summed E-state index contributed by atoms with van der Waals surface area (Å²) in [5.74, 6) is -0.111. The zero-order chi connectivity index (χ0) is 11.3. The Hall–Kier alpha value is -0.570. The first-order valence-corrected chi connectivity index (χ1v) is 5.98. The summed E-state index contributed by atoms with van der Waals surface area (Å²) in [5.41, 5.74) is 0. The van der Waals surface area contributed by atoms with Crippen LogP contribution in [-0.4, -0.2) is 37.1 Å². The first-order chi connectivity index (χ1) is 7.16. The van der Waals surface area contributed by atoms with Crippen molar-refractivity contribution in [3.05, 3.63) is 0 Å². The van der Waals surface area contributed by atoms with Crippen LogP contribution in [-0.2, 0) is 9.53 Å². The lowest BCUT2D eigenvalue weighted by atomic mass is 10.0. The van der Waals surface area contributed by atoms with Gasteiger partial charge in [-0.15, -0.1) is 0 Å². The minimum atomic E-state index is -0.0910. The molecule has 2 unspecified atom stereocenters. The maximum atomic E-state index is 11.4. The fourth-order valence-corrected chi connectivity index (χ4v) is 2.20. The third-order valence-corrected chi connectivity index (χ3v) is 3.51. The van der Waals surface area contributed by atoms with E-state index in [9.17, 15) is 4.79 Å². The van der Waals surface area contributed by atoms with Gasteiger partial charge in [0.1, 0.15) is 0 Å². The molecular weight excluding hydrogens is 190 g/mol. The van der Waals surface area contributed by atoms with E-state index in [2.05, 4.69) is 11.8 Å². The smallest absolute Gasteiger partial charge is 0.309 e. The number of hydrogen-bond donors (Lipinski definition) is 0. The lowest BCUT2D eigenvalue weighted by Gasteiger charge is -2.30. The lowest BCUT2D eigenvalue weighted by Crippen LogP contribution is -2.41. The molecule has 88 valence electrons. The summed E-state index contributed by atoms with van der Waals surface area (Å²) >= 11 is 0. The predicted octanol–water partition coefficient (Wildman–Crippen LogP) is 2.06. The van der Waals surface area contributed by atoms with Gasteiger partial charge in [-0.25, -0.2) is 0 Å². The molecule has 1 fully saturated rings. The number of carbonyl (C=O) groups excluding carboxylic acids is 1. The monoisotopic (exact) mass is 213 g/mol. The second kappa shape index (κ2) is 6.11. The van der Waals surface area contributed by atoms with Gasteiger partial charge >= 0.3 is 5.97 Å². The van der Waals surface area contributed by atoms with E-state index in [-0.39, 0.29) is 11.9 Å². The molecular formula is C12H23NO2. The van der Waals surface area contributed by atoms with Gasteiger partial charge < -0.3 is 4.74 Å². The average molecular weight is 213 g/mol. The van der Waals surface area contributed by atoms with Crippen molar-refractivity contribution in [1.29, 1.82) is 0 Å². The molecule has 0 amide bonds. The summed E-state index contributed by atoms with van der Waals surface area (Å²) < 4.78 is 4.79. The molecule has 0 aromatic heterocycles. The summed E-state index contributed by atoms with van der Waals surface area (Å²) in [6, 6.07) is 0.301. The Morgan fingerprint density at radius 3 is 2.13 bits per heavy atom. The zero-order valence-corrected chi connectivity index (χ0v) is 10.2. The second-order valence-corrected chi connectivity index (χ2v) is 4.50. The number of methoxy groups -OCH3 is 1. The molecule has 1 rings (SSSR count). The Labute approximate surface area is 92.8 Å². The van der Waals surface area contributed by atoms with Crippen molar-refractivity contribution >= 4 is 5.97 Å². The minimum Gasteiger partial charge on any atom is -0.469 e. The highest BCUT2D eigenvalue weighted by Gasteiger charge is 2.26. The summed E-state index contributed by atoms with van der Waals surface area (Å²) in [5, 5.41) is 0. The first-order valence-electron chi connectivity index (χ1n) is 5.98. The quantitative estimate of drug-likeness (QED) is 0.672. The molecule has 1 saturated heterocycles. The maximum Gasteiger partial charge on any atom is 0.309 e. The van der Waals surface area contributed by atoms with Crippen molar-refractivity contribution < 1.29 is 9.53 Å². The second-order valence-electron chi connectivity index (χ2n) is 4.50. The number of hydrogen-bond acceptors (Lipinski definition) is 3. The normalized spacial score (nSPS) is 22.9. The Morgan fingerprint density at radius 1 is 1.13 bits per heavy atom. The van der Waals surface area contributed by atoms with Crippen LogP contribution < -0.4 is 0 Å². The molecule has 0 aromatic carbocycles. The van der Waals surface area contributed by atoms with E-state index in [0.29, 0.717) is 6.04 Å². The molecule has 0 aliphatic carbocycles. The zero-order valence-electron chi connectivity index (χ0n) is 10.2. The van der Waals surface area contributed by atoms with Gasteiger partial charge in [0.15, 0.2) is 0 Å². The van der Waals surface area contributed by atoms with Crippen molar-refractivity contribution in [3.63, 3.8) is 0 Å². The van der Waals surface area contributed by atoms with E-state index in [1.54, 1.807) is 0 Å². The standard InChI is InChI=1S/C12H23NO2/c1-10(12(14)15-3)11(2)13-8-6-4-5-7-9-13/h10-11H,4-9H2,1-3H3. The molecule has 15 heavy (non-hydrogen) atoms. The van der Waals surface area contributed by atoms with Crippen LogP contribution in [0.2, 0.25) is 0 Å². The summed E-state index contributed by atoms with van der Waals surface area (Å²) in [7, 11) is 1.47. The van der Waals surface area contributed by atoms with Gasteiger partial charge in [0.25, 0.3) is 0 Å². The number of esters is 1. The Bertz CT molecular complexity index is 198. The molecule has 1 aliphatic heterocycles. The average Bonchev–Trinajstić information content (AvgIpc) is 2.54. The van der Waals surface area contributed by atoms with Crippen LogP contribution in [0.4, 0.5) is 0 Å². The van der Waals surface area contributed by atoms with Crippen LogP contribution in [0.1, 0.15) is 39.5 Å². The molecule has 0 bridgehead atoms. The number of ether oxygens (including phenoxy) is 1. The Balaban J connectivity index is 2.49. The number of rotatable bonds is 3. The van der Waals surface area contributed by atoms with Crippen LogP contribution in [0.5, 0.6) is 0 Å². The molecule has 3 heteroatoms. The van der Waals surface area contributed by atoms with Crippen molar-refractivity contribution in [2.75, 3.05) is 20.2 Å². The van der Waals surface area contributed by atoms with Gasteiger partial charge in [0, 0.05) is 6.04 Å². The molecule has 1 aliphatic rings. The van der Waals surface area contributed by atoms with Crippen LogP contribution in [0, 0.1) is 5.92 Å². The Morgan fingerprint density at radius 2 is 1.67 bits per heavy atom. The fraction of sp³-hybridized carbons (Fsp3) is 0.917. The first kappa shape index (κ1) is 12.5. The van der Waals surface area contributed by atoms with E-state index in [1.807, 2.05) is 6.92 Å². The van der Waals surface area contributed by atoms with E-state index in [0.717, 1.165) is 13.1 Å². The molecule has 0 saturated carbocycles. The van der Waals surface area contributed by atoms with E-state index < -0.39 is 0 Å². The molecule has 0 radical (unpaired) electrons. The molecule has 1 heterocycles. The maximum absolute atomic E-state index is 11.4. The third kappa shape index (κ3) is 3.49. The molecule has 2 atom stereocenters. The Kier molecular flexibility index (Phi) is 5.09. The van der Waals surface area contributed by atoms with Crippen LogP contribution in [0.15, 0.2) is 0 Å². The van der Waals surface area contributed by atoms with E-state index >= 15 is 0 Å². The number of nitrogens with zero attached hydrogens (tertiary/aromatic N) is 1. The summed E-state index contributed by atoms with van der Waals surface area (Å²) in [4.78, 5) is 13.9. The largest absolute Gasteiger partial charge is 0.469 e. The van der Waals surface area contributed by atoms with Gasteiger partial charge in [-0.2, -0.15) is 0 Å². The summed E-state index contributed by atoms with van der Waals surface area (Å²) in [6.07, 6.45) is 5.18. The summed E-state index contributed by atoms with van der Waals surface area (Å²) in [6.45, 7) is 6.35.